The third kappa shape index (κ3) is 2.70. The molecule has 0 aliphatic carbocycles. The van der Waals surface area contributed by atoms with E-state index in [0.717, 1.165) is 12.1 Å². The standard InChI is InChI=1S/C24H29N3O/c1-17-6-11-21-20(16-17)23(2,3)24(25-22(28)13-15-27(21)24)14-12-18-7-9-19(10-8-18)26(4)5/h6-12,14,16H,13,15H2,1-5H3,(H,25,28). The molecule has 1 fully saturated rings. The average molecular weight is 376 g/mol. The third-order valence-corrected chi connectivity index (χ3v) is 6.31. The van der Waals surface area contributed by atoms with Crippen LogP contribution in [0.2, 0.25) is 0 Å². The summed E-state index contributed by atoms with van der Waals surface area (Å²) in [6.07, 6.45) is 4.85. The molecule has 1 N–H and O–H groups in total. The number of rotatable bonds is 3. The molecule has 1 atom stereocenters. The summed E-state index contributed by atoms with van der Waals surface area (Å²) in [7, 11) is 4.08. The van der Waals surface area contributed by atoms with Crippen molar-refractivity contribution in [1.82, 2.24) is 5.32 Å². The molecule has 4 nitrogen and oxygen atoms in total. The Labute approximate surface area is 167 Å². The molecule has 2 aliphatic heterocycles. The van der Waals surface area contributed by atoms with Gasteiger partial charge in [-0.25, -0.2) is 0 Å². The van der Waals surface area contributed by atoms with E-state index in [9.17, 15) is 4.79 Å². The molecule has 2 aromatic rings. The number of hydrogen-bond donors (Lipinski definition) is 1. The van der Waals surface area contributed by atoms with Crippen LogP contribution >= 0.6 is 0 Å². The Hall–Kier alpha value is -2.75. The van der Waals surface area contributed by atoms with Gasteiger partial charge in [-0.3, -0.25) is 4.79 Å². The van der Waals surface area contributed by atoms with E-state index in [1.807, 2.05) is 14.1 Å². The Morgan fingerprint density at radius 1 is 1.11 bits per heavy atom. The molecule has 0 radical (unpaired) electrons. The first kappa shape index (κ1) is 18.6. The van der Waals surface area contributed by atoms with Gasteiger partial charge in [0, 0.05) is 43.9 Å². The summed E-state index contributed by atoms with van der Waals surface area (Å²) in [5.74, 6) is 0.112. The van der Waals surface area contributed by atoms with E-state index in [1.165, 1.54) is 22.5 Å². The van der Waals surface area contributed by atoms with E-state index in [-0.39, 0.29) is 11.3 Å². The number of benzene rings is 2. The van der Waals surface area contributed by atoms with Gasteiger partial charge in [0.15, 0.2) is 0 Å². The van der Waals surface area contributed by atoms with Gasteiger partial charge in [-0.05, 0) is 42.3 Å². The smallest absolute Gasteiger partial charge is 0.223 e. The van der Waals surface area contributed by atoms with Gasteiger partial charge in [0.1, 0.15) is 5.66 Å². The molecule has 0 bridgehead atoms. The number of hydrogen-bond acceptors (Lipinski definition) is 3. The maximum Gasteiger partial charge on any atom is 0.223 e. The topological polar surface area (TPSA) is 35.6 Å². The van der Waals surface area contributed by atoms with Gasteiger partial charge < -0.3 is 15.1 Å². The molecule has 0 saturated carbocycles. The minimum Gasteiger partial charge on any atom is -0.378 e. The van der Waals surface area contributed by atoms with Crippen molar-refractivity contribution in [3.05, 3.63) is 65.2 Å². The Balaban J connectivity index is 1.78. The van der Waals surface area contributed by atoms with E-state index in [4.69, 9.17) is 0 Å². The molecule has 2 heterocycles. The van der Waals surface area contributed by atoms with Crippen LogP contribution in [-0.4, -0.2) is 32.2 Å². The van der Waals surface area contributed by atoms with Gasteiger partial charge in [-0.1, -0.05) is 49.8 Å². The predicted molar refractivity (Wildman–Crippen MR) is 117 cm³/mol. The molecule has 4 rings (SSSR count). The summed E-state index contributed by atoms with van der Waals surface area (Å²) < 4.78 is 0. The van der Waals surface area contributed by atoms with Crippen LogP contribution in [0.5, 0.6) is 0 Å². The lowest BCUT2D eigenvalue weighted by atomic mass is 9.74. The summed E-state index contributed by atoms with van der Waals surface area (Å²) >= 11 is 0. The van der Waals surface area contributed by atoms with Crippen LogP contribution in [-0.2, 0) is 10.2 Å². The Kier molecular flexibility index (Phi) is 4.25. The second-order valence-electron chi connectivity index (χ2n) is 8.68. The first-order valence-electron chi connectivity index (χ1n) is 9.91. The molecular formula is C24H29N3O. The zero-order chi connectivity index (χ0) is 20.1. The Morgan fingerprint density at radius 2 is 1.82 bits per heavy atom. The van der Waals surface area contributed by atoms with Crippen LogP contribution in [0.15, 0.2) is 48.5 Å². The van der Waals surface area contributed by atoms with Crippen molar-refractivity contribution in [3.8, 4) is 0 Å². The summed E-state index contributed by atoms with van der Waals surface area (Å²) in [6.45, 7) is 7.32. The number of nitrogens with one attached hydrogen (secondary N) is 1. The zero-order valence-electron chi connectivity index (χ0n) is 17.4. The largest absolute Gasteiger partial charge is 0.378 e. The number of nitrogens with zero attached hydrogens (tertiary/aromatic N) is 2. The highest BCUT2D eigenvalue weighted by Crippen LogP contribution is 2.52. The van der Waals surface area contributed by atoms with E-state index >= 15 is 0 Å². The van der Waals surface area contributed by atoms with Gasteiger partial charge >= 0.3 is 0 Å². The molecule has 0 aromatic heterocycles. The number of carbonyl (C=O) groups excluding carboxylic acids is 1. The quantitative estimate of drug-likeness (QED) is 0.878. The van der Waals surface area contributed by atoms with Gasteiger partial charge in [-0.15, -0.1) is 0 Å². The van der Waals surface area contributed by atoms with Crippen LogP contribution < -0.4 is 15.1 Å². The van der Waals surface area contributed by atoms with Crippen LogP contribution in [0.25, 0.3) is 6.08 Å². The molecule has 2 aliphatic rings. The van der Waals surface area contributed by atoms with Crippen molar-refractivity contribution < 1.29 is 4.79 Å². The molecule has 1 unspecified atom stereocenters. The number of amides is 1. The van der Waals surface area contributed by atoms with Gasteiger partial charge in [-0.2, -0.15) is 0 Å². The number of anilines is 2. The fraction of sp³-hybridized carbons (Fsp3) is 0.375. The van der Waals surface area contributed by atoms with Crippen molar-refractivity contribution in [2.24, 2.45) is 0 Å². The molecule has 28 heavy (non-hydrogen) atoms. The first-order chi connectivity index (χ1) is 13.2. The molecular weight excluding hydrogens is 346 g/mol. The predicted octanol–water partition coefficient (Wildman–Crippen LogP) is 4.09. The highest BCUT2D eigenvalue weighted by atomic mass is 16.2. The second-order valence-corrected chi connectivity index (χ2v) is 8.68. The lowest BCUT2D eigenvalue weighted by molar-refractivity contribution is -0.124. The number of carbonyl (C=O) groups is 1. The van der Waals surface area contributed by atoms with Crippen LogP contribution in [0.1, 0.15) is 37.0 Å². The fourth-order valence-corrected chi connectivity index (χ4v) is 4.57. The second kappa shape index (κ2) is 6.40. The van der Waals surface area contributed by atoms with E-state index in [1.54, 1.807) is 0 Å². The summed E-state index contributed by atoms with van der Waals surface area (Å²) in [6, 6.07) is 15.1. The molecule has 2 aromatic carbocycles. The monoisotopic (exact) mass is 375 g/mol. The Morgan fingerprint density at radius 3 is 2.50 bits per heavy atom. The molecule has 1 amide bonds. The van der Waals surface area contributed by atoms with E-state index < -0.39 is 5.66 Å². The highest BCUT2D eigenvalue weighted by molar-refractivity contribution is 5.84. The van der Waals surface area contributed by atoms with E-state index in [0.29, 0.717) is 6.42 Å². The number of fused-ring (bicyclic) bond motifs is 3. The maximum atomic E-state index is 12.5. The molecule has 146 valence electrons. The Bertz CT molecular complexity index is 943. The van der Waals surface area contributed by atoms with Crippen LogP contribution in [0, 0.1) is 6.92 Å². The van der Waals surface area contributed by atoms with Gasteiger partial charge in [0.2, 0.25) is 5.91 Å². The van der Waals surface area contributed by atoms with Crippen molar-refractivity contribution in [1.29, 1.82) is 0 Å². The number of aryl methyl sites for hydroxylation is 1. The highest BCUT2D eigenvalue weighted by Gasteiger charge is 2.57. The molecule has 1 saturated heterocycles. The molecule has 4 heteroatoms. The van der Waals surface area contributed by atoms with Crippen LogP contribution in [0.4, 0.5) is 11.4 Å². The normalized spacial score (nSPS) is 22.8. The van der Waals surface area contributed by atoms with Gasteiger partial charge in [0.05, 0.1) is 0 Å². The third-order valence-electron chi connectivity index (χ3n) is 6.31. The first-order valence-corrected chi connectivity index (χ1v) is 9.91. The van der Waals surface area contributed by atoms with Gasteiger partial charge in [0.25, 0.3) is 0 Å². The minimum absolute atomic E-state index is 0.112. The lowest BCUT2D eigenvalue weighted by Gasteiger charge is -2.49. The molecule has 0 spiro atoms. The van der Waals surface area contributed by atoms with Crippen molar-refractivity contribution in [2.45, 2.75) is 38.3 Å². The SMILES string of the molecule is Cc1ccc2c(c1)C(C)(C)C1(C=Cc3ccc(N(C)C)cc3)NC(=O)CCN21. The minimum atomic E-state index is -0.557. The zero-order valence-corrected chi connectivity index (χ0v) is 17.4. The fourth-order valence-electron chi connectivity index (χ4n) is 4.57. The van der Waals surface area contributed by atoms with Crippen molar-refractivity contribution in [2.75, 3.05) is 30.4 Å². The summed E-state index contributed by atoms with van der Waals surface area (Å²) in [5, 5.41) is 3.34. The van der Waals surface area contributed by atoms with Crippen molar-refractivity contribution in [3.63, 3.8) is 0 Å². The maximum absolute atomic E-state index is 12.5. The summed E-state index contributed by atoms with van der Waals surface area (Å²) in [5.41, 5.74) is 5.26. The average Bonchev–Trinajstić information content (AvgIpc) is 2.84. The van der Waals surface area contributed by atoms with Crippen LogP contribution in [0.3, 0.4) is 0 Å². The summed E-state index contributed by atoms with van der Waals surface area (Å²) in [4.78, 5) is 16.9. The van der Waals surface area contributed by atoms with Crippen molar-refractivity contribution >= 4 is 23.4 Å². The van der Waals surface area contributed by atoms with E-state index in [2.05, 4.69) is 90.5 Å². The lowest BCUT2D eigenvalue weighted by Crippen LogP contribution is -2.68.